The molecule has 5 nitrogen and oxygen atoms in total. The minimum absolute atomic E-state index is 0.0429. The summed E-state index contributed by atoms with van der Waals surface area (Å²) in [7, 11) is 0. The van der Waals surface area contributed by atoms with Gasteiger partial charge < -0.3 is 20.1 Å². The molecule has 5 rings (SSSR count). The van der Waals surface area contributed by atoms with Crippen molar-refractivity contribution in [1.82, 2.24) is 5.32 Å². The molecule has 2 heterocycles. The highest BCUT2D eigenvalue weighted by molar-refractivity contribution is 6.04. The van der Waals surface area contributed by atoms with Crippen LogP contribution in [0.2, 0.25) is 0 Å². The van der Waals surface area contributed by atoms with Crippen molar-refractivity contribution in [2.75, 3.05) is 25.1 Å². The van der Waals surface area contributed by atoms with E-state index < -0.39 is 0 Å². The maximum absolute atomic E-state index is 12.5. The summed E-state index contributed by atoms with van der Waals surface area (Å²) in [5.74, 6) is 1.43. The molecular weight excluding hydrogens is 352 g/mol. The van der Waals surface area contributed by atoms with Crippen molar-refractivity contribution >= 4 is 11.6 Å². The molecule has 2 N–H and O–H groups in total. The van der Waals surface area contributed by atoms with Crippen LogP contribution in [0.5, 0.6) is 5.75 Å². The van der Waals surface area contributed by atoms with Gasteiger partial charge >= 0.3 is 0 Å². The summed E-state index contributed by atoms with van der Waals surface area (Å²) in [5.41, 5.74) is 2.62. The van der Waals surface area contributed by atoms with Gasteiger partial charge in [-0.05, 0) is 67.1 Å². The maximum Gasteiger partial charge on any atom is 0.255 e. The third-order valence-electron chi connectivity index (χ3n) is 5.96. The normalized spacial score (nSPS) is 25.6. The van der Waals surface area contributed by atoms with E-state index in [0.717, 1.165) is 50.0 Å². The van der Waals surface area contributed by atoms with Crippen molar-refractivity contribution in [3.8, 4) is 5.75 Å². The molecule has 1 saturated carbocycles. The first-order chi connectivity index (χ1) is 13.7. The van der Waals surface area contributed by atoms with E-state index in [4.69, 9.17) is 9.47 Å². The molecule has 2 aromatic carbocycles. The van der Waals surface area contributed by atoms with Crippen molar-refractivity contribution in [2.24, 2.45) is 5.92 Å². The Kier molecular flexibility index (Phi) is 4.57. The van der Waals surface area contributed by atoms with E-state index in [1.54, 1.807) is 0 Å². The minimum Gasteiger partial charge on any atom is -0.493 e. The topological polar surface area (TPSA) is 59.6 Å². The average Bonchev–Trinajstić information content (AvgIpc) is 3.36. The molecule has 1 amide bonds. The zero-order valence-electron chi connectivity index (χ0n) is 15.9. The second kappa shape index (κ2) is 7.22. The standard InChI is InChI=1S/C23H26N2O3/c26-22(18-5-9-21(10-6-18)27-13-17-1-2-17)25-19-7-3-16(4-8-19)11-23-12-20(14-28-23)24-15-23/h3-10,17,20,24H,1-2,11-15H2,(H,25,26)/t20-,23-/m0/s1. The largest absolute Gasteiger partial charge is 0.493 e. The molecule has 0 aromatic heterocycles. The molecule has 146 valence electrons. The van der Waals surface area contributed by atoms with Gasteiger partial charge in [0.1, 0.15) is 5.75 Å². The lowest BCUT2D eigenvalue weighted by Gasteiger charge is -2.26. The minimum atomic E-state index is -0.109. The van der Waals surface area contributed by atoms with Crippen LogP contribution in [0.15, 0.2) is 48.5 Å². The van der Waals surface area contributed by atoms with Crippen LogP contribution in [0.3, 0.4) is 0 Å². The number of rotatable bonds is 7. The number of ether oxygens (including phenoxy) is 2. The van der Waals surface area contributed by atoms with Gasteiger partial charge in [-0.1, -0.05) is 12.1 Å². The summed E-state index contributed by atoms with van der Waals surface area (Å²) in [6, 6.07) is 16.0. The SMILES string of the molecule is O=C(Nc1ccc(C[C@]23CN[C@H](CO2)C3)cc1)c1ccc(OCC2CC2)cc1. The molecule has 3 fully saturated rings. The van der Waals surface area contributed by atoms with Crippen LogP contribution in [-0.2, 0) is 11.2 Å². The summed E-state index contributed by atoms with van der Waals surface area (Å²) < 4.78 is 11.7. The second-order valence-electron chi connectivity index (χ2n) is 8.38. The Hall–Kier alpha value is -2.37. The van der Waals surface area contributed by atoms with Gasteiger partial charge in [-0.3, -0.25) is 4.79 Å². The molecule has 5 heteroatoms. The van der Waals surface area contributed by atoms with Crippen LogP contribution in [-0.4, -0.2) is 37.3 Å². The fraction of sp³-hybridized carbons (Fsp3) is 0.435. The first-order valence-electron chi connectivity index (χ1n) is 10.2. The van der Waals surface area contributed by atoms with Crippen LogP contribution in [0, 0.1) is 5.92 Å². The van der Waals surface area contributed by atoms with E-state index in [9.17, 15) is 4.79 Å². The van der Waals surface area contributed by atoms with Gasteiger partial charge in [0.05, 0.1) is 18.8 Å². The van der Waals surface area contributed by atoms with Crippen molar-refractivity contribution in [3.63, 3.8) is 0 Å². The number of hydrogen-bond donors (Lipinski definition) is 2. The number of anilines is 1. The van der Waals surface area contributed by atoms with E-state index in [-0.39, 0.29) is 11.5 Å². The van der Waals surface area contributed by atoms with Gasteiger partial charge in [-0.25, -0.2) is 0 Å². The highest BCUT2D eigenvalue weighted by Crippen LogP contribution is 2.34. The molecule has 2 saturated heterocycles. The third-order valence-corrected chi connectivity index (χ3v) is 5.96. The quantitative estimate of drug-likeness (QED) is 0.775. The molecule has 2 aromatic rings. The van der Waals surface area contributed by atoms with Gasteiger partial charge in [0.2, 0.25) is 0 Å². The Bertz CT molecular complexity index is 835. The molecule has 2 atom stereocenters. The molecule has 1 aliphatic carbocycles. The molecule has 2 bridgehead atoms. The number of hydrogen-bond acceptors (Lipinski definition) is 4. The Labute approximate surface area is 165 Å². The number of amides is 1. The third kappa shape index (κ3) is 3.91. The van der Waals surface area contributed by atoms with Crippen LogP contribution < -0.4 is 15.4 Å². The van der Waals surface area contributed by atoms with Crippen LogP contribution in [0.1, 0.15) is 35.2 Å². The lowest BCUT2D eigenvalue weighted by atomic mass is 9.93. The van der Waals surface area contributed by atoms with Crippen molar-refractivity contribution in [3.05, 3.63) is 59.7 Å². The van der Waals surface area contributed by atoms with Crippen molar-refractivity contribution in [2.45, 2.75) is 37.3 Å². The number of carbonyl (C=O) groups is 1. The molecule has 0 unspecified atom stereocenters. The van der Waals surface area contributed by atoms with Crippen LogP contribution in [0.4, 0.5) is 5.69 Å². The zero-order chi connectivity index (χ0) is 19.0. The predicted molar refractivity (Wildman–Crippen MR) is 108 cm³/mol. The molecule has 2 aliphatic heterocycles. The molecular formula is C23H26N2O3. The highest BCUT2D eigenvalue weighted by Gasteiger charge is 2.45. The molecule has 0 radical (unpaired) electrons. The predicted octanol–water partition coefficient (Wildman–Crippen LogP) is 3.40. The Morgan fingerprint density at radius 3 is 2.54 bits per heavy atom. The fourth-order valence-corrected chi connectivity index (χ4v) is 4.10. The molecule has 0 spiro atoms. The molecule has 3 aliphatic rings. The maximum atomic E-state index is 12.5. The number of carbonyl (C=O) groups excluding carboxylic acids is 1. The smallest absolute Gasteiger partial charge is 0.255 e. The van der Waals surface area contributed by atoms with Crippen molar-refractivity contribution < 1.29 is 14.3 Å². The van der Waals surface area contributed by atoms with Crippen molar-refractivity contribution in [1.29, 1.82) is 0 Å². The Morgan fingerprint density at radius 2 is 1.93 bits per heavy atom. The lowest BCUT2D eigenvalue weighted by Crippen LogP contribution is -2.40. The second-order valence-corrected chi connectivity index (χ2v) is 8.38. The summed E-state index contributed by atoms with van der Waals surface area (Å²) >= 11 is 0. The average molecular weight is 378 g/mol. The number of nitrogens with one attached hydrogen (secondary N) is 2. The van der Waals surface area contributed by atoms with Gasteiger partial charge in [-0.15, -0.1) is 0 Å². The zero-order valence-corrected chi connectivity index (χ0v) is 15.9. The first kappa shape index (κ1) is 17.7. The number of benzene rings is 2. The van der Waals surface area contributed by atoms with E-state index in [2.05, 4.69) is 22.8 Å². The lowest BCUT2D eigenvalue weighted by molar-refractivity contribution is -0.00521. The Balaban J connectivity index is 1.17. The van der Waals surface area contributed by atoms with Gasteiger partial charge in [0, 0.05) is 30.3 Å². The van der Waals surface area contributed by atoms with Crippen LogP contribution in [0.25, 0.3) is 0 Å². The fourth-order valence-electron chi connectivity index (χ4n) is 4.10. The molecule has 28 heavy (non-hydrogen) atoms. The Morgan fingerprint density at radius 1 is 1.14 bits per heavy atom. The van der Waals surface area contributed by atoms with E-state index >= 15 is 0 Å². The number of morpholine rings is 1. The monoisotopic (exact) mass is 378 g/mol. The van der Waals surface area contributed by atoms with Gasteiger partial charge in [0.25, 0.3) is 5.91 Å². The summed E-state index contributed by atoms with van der Waals surface area (Å²) in [6.07, 6.45) is 4.54. The first-order valence-corrected chi connectivity index (χ1v) is 10.2. The number of fused-ring (bicyclic) bond motifs is 2. The van der Waals surface area contributed by atoms with E-state index in [1.165, 1.54) is 18.4 Å². The summed E-state index contributed by atoms with van der Waals surface area (Å²) in [4.78, 5) is 12.5. The summed E-state index contributed by atoms with van der Waals surface area (Å²) in [6.45, 7) is 2.52. The highest BCUT2D eigenvalue weighted by atomic mass is 16.5. The summed E-state index contributed by atoms with van der Waals surface area (Å²) in [5, 5.41) is 6.47. The van der Waals surface area contributed by atoms with E-state index in [0.29, 0.717) is 11.6 Å². The van der Waals surface area contributed by atoms with Crippen LogP contribution >= 0.6 is 0 Å². The van der Waals surface area contributed by atoms with Gasteiger partial charge in [-0.2, -0.15) is 0 Å². The van der Waals surface area contributed by atoms with Gasteiger partial charge in [0.15, 0.2) is 0 Å². The van der Waals surface area contributed by atoms with E-state index in [1.807, 2.05) is 36.4 Å².